The highest BCUT2D eigenvalue weighted by Gasteiger charge is 2.48. The molecule has 0 aromatic rings. The van der Waals surface area contributed by atoms with E-state index in [2.05, 4.69) is 37.2 Å². The maximum absolute atomic E-state index is 14.3. The number of Topliss-reactive ketones (excluding diaryl/α,β-unsaturated/α-hetero) is 1. The minimum Gasteiger partial charge on any atom is -0.394 e. The van der Waals surface area contributed by atoms with Gasteiger partial charge >= 0.3 is 7.60 Å². The third-order valence-corrected chi connectivity index (χ3v) is 20.0. The monoisotopic (exact) mass is 1630 g/mol. The number of nitrogens with one attached hydrogen (secondary N) is 7. The van der Waals surface area contributed by atoms with Gasteiger partial charge < -0.3 is 140 Å². The quantitative estimate of drug-likeness (QED) is 0.0226. The lowest BCUT2D eigenvalue weighted by atomic mass is 9.95. The summed E-state index contributed by atoms with van der Waals surface area (Å²) in [5.74, 6) is -3.75. The molecule has 4 aliphatic heterocycles. The van der Waals surface area contributed by atoms with Crippen LogP contribution in [0.3, 0.4) is 0 Å². The predicted molar refractivity (Wildman–Crippen MR) is 399 cm³/mol. The Labute approximate surface area is 656 Å². The molecule has 0 radical (unpaired) electrons. The second-order valence-corrected chi connectivity index (χ2v) is 31.1. The molecule has 4 aliphatic rings. The van der Waals surface area contributed by atoms with E-state index in [1.165, 1.54) is 25.7 Å². The molecule has 0 aliphatic carbocycles. The molecule has 0 aromatic heterocycles. The van der Waals surface area contributed by atoms with E-state index in [0.717, 1.165) is 32.3 Å². The van der Waals surface area contributed by atoms with E-state index in [0.29, 0.717) is 122 Å². The van der Waals surface area contributed by atoms with Crippen molar-refractivity contribution in [3.05, 3.63) is 0 Å². The number of aliphatic hydroxyl groups is 9. The van der Waals surface area contributed by atoms with E-state index in [1.807, 2.05) is 0 Å². The Bertz CT molecular complexity index is 2590. The lowest BCUT2D eigenvalue weighted by molar-refractivity contribution is -0.270. The summed E-state index contributed by atoms with van der Waals surface area (Å²) in [6, 6.07) is -3.21. The van der Waals surface area contributed by atoms with Crippen molar-refractivity contribution in [1.29, 1.82) is 0 Å². The molecular formula is C73H131N8O30P. The number of unbranched alkanes of at least 4 members (excludes halogenated alkanes) is 14. The second kappa shape index (κ2) is 55.5. The molecule has 0 saturated carbocycles. The molecule has 0 aromatic carbocycles. The van der Waals surface area contributed by atoms with E-state index in [4.69, 9.17) is 47.2 Å². The number of rotatable bonds is 61. The smallest absolute Gasteiger partial charge is 0.325 e. The Morgan fingerprint density at radius 1 is 0.420 bits per heavy atom. The first-order valence-electron chi connectivity index (χ1n) is 39.7. The lowest BCUT2D eigenvalue weighted by Gasteiger charge is -2.42. The van der Waals surface area contributed by atoms with Crippen molar-refractivity contribution in [3.63, 3.8) is 0 Å². The largest absolute Gasteiger partial charge is 0.394 e. The topological polar surface area (TPSA) is 553 Å². The van der Waals surface area contributed by atoms with Gasteiger partial charge in [-0.3, -0.25) is 47.7 Å². The molecule has 16 unspecified atom stereocenters. The number of amides is 8. The summed E-state index contributed by atoms with van der Waals surface area (Å²) < 4.78 is 68.9. The minimum absolute atomic E-state index is 0.0475. The zero-order valence-electron chi connectivity index (χ0n) is 65.7. The summed E-state index contributed by atoms with van der Waals surface area (Å²) in [6.07, 6.45) is -2.22. The van der Waals surface area contributed by atoms with E-state index in [1.54, 1.807) is 0 Å². The highest BCUT2D eigenvalue weighted by molar-refractivity contribution is 7.51. The first kappa shape index (κ1) is 99.2. The van der Waals surface area contributed by atoms with Gasteiger partial charge in [-0.05, 0) is 57.8 Å². The van der Waals surface area contributed by atoms with Crippen molar-refractivity contribution in [2.45, 2.75) is 279 Å². The zero-order valence-corrected chi connectivity index (χ0v) is 66.6. The third-order valence-electron chi connectivity index (χ3n) is 19.4. The van der Waals surface area contributed by atoms with Crippen LogP contribution in [0.2, 0.25) is 0 Å². The molecule has 112 heavy (non-hydrogen) atoms. The van der Waals surface area contributed by atoms with Crippen molar-refractivity contribution in [3.8, 4) is 0 Å². The molecule has 8 amide bonds. The molecule has 648 valence electrons. The number of hydrogen-bond acceptors (Lipinski definition) is 29. The SMILES string of the molecule is CC(=O)NC1C(OCCCCCCNC(=O)CCOCC(COCCC(=O)NCCCCCCOC2OC(CO)C(O)C(O)C2NC(C)=O)(COCCC(=O)NCCCCCCOC2OC(CO)C(O)C(O)C2NC(C)=O)NC(=O)C2CN(C(=O)CCCC(=O)CCCCCCCCOP(C)(=O)O)C2)OC(CO)C(O)C1O. The van der Waals surface area contributed by atoms with E-state index in [-0.39, 0.29) is 141 Å². The van der Waals surface area contributed by atoms with Crippen LogP contribution in [-0.2, 0) is 94.9 Å². The fraction of sp³-hybridized carbons (Fsp3) is 0.877. The standard InChI is InChI=1S/C73H131N8O30P/c1-48(85)77-60-66(96)63(93)53(42-82)109-70(60)105-33-19-12-8-16-30-74-56(89)27-37-102-45-73(80-69(99)51-40-81(41-51)59(92)26-23-25-52(88)24-15-7-5-6-11-22-36-108-112(4,100)101,46-103-38-28-57(90)75-31-17-9-13-20-34-106-71-61(78-49(2)86)67(97)64(94)54(43-83)110-71)47-104-39-29-58(91)76-32-18-10-14-21-35-107-72-62(79-50(3)87)68(98)65(95)55(44-84)111-72/h51,53-55,60-68,70-72,82-84,93-98H,5-47H2,1-4H3,(H,74,89)(H,75,90)(H,76,91)(H,77,85)(H,78,86)(H,79,87)(H,80,99)(H,100,101). The van der Waals surface area contributed by atoms with Gasteiger partial charge in [-0.15, -0.1) is 0 Å². The Hall–Kier alpha value is -5.14. The molecule has 17 N–H and O–H groups in total. The molecule has 0 bridgehead atoms. The van der Waals surface area contributed by atoms with Crippen molar-refractivity contribution < 1.29 is 146 Å². The van der Waals surface area contributed by atoms with Crippen LogP contribution >= 0.6 is 7.60 Å². The number of carbonyl (C=O) groups is 9. The number of ketones is 1. The van der Waals surface area contributed by atoms with Crippen LogP contribution in [0.5, 0.6) is 0 Å². The fourth-order valence-electron chi connectivity index (χ4n) is 13.0. The molecule has 39 heteroatoms. The number of carbonyl (C=O) groups excluding carboxylic acids is 9. The predicted octanol–water partition coefficient (Wildman–Crippen LogP) is -2.27. The number of aliphatic hydroxyl groups excluding tert-OH is 9. The second-order valence-electron chi connectivity index (χ2n) is 29.3. The van der Waals surface area contributed by atoms with E-state index >= 15 is 0 Å². The summed E-state index contributed by atoms with van der Waals surface area (Å²) >= 11 is 0. The summed E-state index contributed by atoms with van der Waals surface area (Å²) in [4.78, 5) is 126. The van der Waals surface area contributed by atoms with Gasteiger partial charge in [-0.2, -0.15) is 0 Å². The average molecular weight is 1630 g/mol. The molecule has 4 saturated heterocycles. The van der Waals surface area contributed by atoms with Crippen molar-refractivity contribution in [2.24, 2.45) is 5.92 Å². The number of ether oxygens (including phenoxy) is 9. The highest BCUT2D eigenvalue weighted by atomic mass is 31.2. The van der Waals surface area contributed by atoms with Crippen LogP contribution in [-0.4, -0.2) is 332 Å². The number of nitrogens with zero attached hydrogens (tertiary/aromatic N) is 1. The van der Waals surface area contributed by atoms with Gasteiger partial charge in [-0.1, -0.05) is 64.2 Å². The summed E-state index contributed by atoms with van der Waals surface area (Å²) in [5, 5.41) is 111. The van der Waals surface area contributed by atoms with E-state index in [9.17, 15) is 98.6 Å². The van der Waals surface area contributed by atoms with Crippen LogP contribution in [0.15, 0.2) is 0 Å². The molecular weight excluding hydrogens is 1500 g/mol. The molecule has 4 rings (SSSR count). The van der Waals surface area contributed by atoms with Crippen molar-refractivity contribution >= 4 is 60.6 Å². The Morgan fingerprint density at radius 3 is 1.08 bits per heavy atom. The van der Waals surface area contributed by atoms with Crippen LogP contribution in [0.1, 0.15) is 181 Å². The summed E-state index contributed by atoms with van der Waals surface area (Å²) in [7, 11) is -3.50. The molecule has 16 atom stereocenters. The first-order valence-corrected chi connectivity index (χ1v) is 41.7. The van der Waals surface area contributed by atoms with Gasteiger partial charge in [0.15, 0.2) is 18.9 Å². The van der Waals surface area contributed by atoms with Gasteiger partial charge in [0.05, 0.1) is 72.0 Å². The minimum atomic E-state index is -3.50. The zero-order chi connectivity index (χ0) is 82.4. The molecule has 4 fully saturated rings. The van der Waals surface area contributed by atoms with Gasteiger partial charge in [0, 0.05) is 119 Å². The third kappa shape index (κ3) is 39.2. The van der Waals surface area contributed by atoms with Crippen molar-refractivity contribution in [2.75, 3.05) is 125 Å². The van der Waals surface area contributed by atoms with Crippen LogP contribution in [0.4, 0.5) is 0 Å². The van der Waals surface area contributed by atoms with Crippen LogP contribution in [0.25, 0.3) is 0 Å². The Kier molecular flexibility index (Phi) is 49.1. The van der Waals surface area contributed by atoms with Crippen molar-refractivity contribution in [1.82, 2.24) is 42.1 Å². The highest BCUT2D eigenvalue weighted by Crippen LogP contribution is 2.36. The number of hydrogen-bond donors (Lipinski definition) is 17. The Balaban J connectivity index is 1.34. The van der Waals surface area contributed by atoms with Crippen LogP contribution < -0.4 is 37.2 Å². The molecule has 4 heterocycles. The normalized spacial score (nSPS) is 25.7. The summed E-state index contributed by atoms with van der Waals surface area (Å²) in [5.41, 5.74) is -1.49. The Morgan fingerprint density at radius 2 is 0.741 bits per heavy atom. The molecule has 38 nitrogen and oxygen atoms in total. The lowest BCUT2D eigenvalue weighted by Crippen LogP contribution is -2.64. The maximum Gasteiger partial charge on any atom is 0.325 e. The van der Waals surface area contributed by atoms with Gasteiger partial charge in [-0.25, -0.2) is 0 Å². The molecule has 0 spiro atoms. The summed E-state index contributed by atoms with van der Waals surface area (Å²) in [6.45, 7) is 3.80. The van der Waals surface area contributed by atoms with Gasteiger partial charge in [0.2, 0.25) is 47.3 Å². The van der Waals surface area contributed by atoms with Crippen LogP contribution in [0, 0.1) is 5.92 Å². The van der Waals surface area contributed by atoms with E-state index < -0.39 is 154 Å². The van der Waals surface area contributed by atoms with Gasteiger partial charge in [0.25, 0.3) is 0 Å². The first-order chi connectivity index (χ1) is 53.5. The maximum atomic E-state index is 14.3. The number of likely N-dealkylation sites (tertiary alicyclic amines) is 1. The fourth-order valence-corrected chi connectivity index (χ4v) is 13.4. The average Bonchev–Trinajstić information content (AvgIpc) is 0.826. The van der Waals surface area contributed by atoms with Gasteiger partial charge in [0.1, 0.15) is 84.4 Å².